The van der Waals surface area contributed by atoms with Gasteiger partial charge in [-0.2, -0.15) is 0 Å². The molecule has 1 fully saturated rings. The first-order chi connectivity index (χ1) is 8.16. The van der Waals surface area contributed by atoms with E-state index in [4.69, 9.17) is 0 Å². The van der Waals surface area contributed by atoms with Crippen molar-refractivity contribution in [1.29, 1.82) is 0 Å². The van der Waals surface area contributed by atoms with E-state index in [0.717, 1.165) is 19.0 Å². The molecule has 0 aliphatic carbocycles. The summed E-state index contributed by atoms with van der Waals surface area (Å²) in [6.45, 7) is 6.81. The maximum Gasteiger partial charge on any atom is 0.0470 e. The molecule has 0 amide bonds. The highest BCUT2D eigenvalue weighted by Crippen LogP contribution is 2.23. The fourth-order valence-electron chi connectivity index (χ4n) is 2.75. The van der Waals surface area contributed by atoms with Gasteiger partial charge in [0.2, 0.25) is 0 Å². The highest BCUT2D eigenvalue weighted by Gasteiger charge is 2.26. The van der Waals surface area contributed by atoms with Crippen LogP contribution >= 0.6 is 0 Å². The van der Waals surface area contributed by atoms with Gasteiger partial charge in [0.15, 0.2) is 0 Å². The molecule has 1 aromatic carbocycles. The number of likely N-dealkylation sites (N-methyl/N-ethyl adjacent to an activating group) is 1. The Morgan fingerprint density at radius 2 is 2.00 bits per heavy atom. The van der Waals surface area contributed by atoms with Gasteiger partial charge in [0.1, 0.15) is 0 Å². The van der Waals surface area contributed by atoms with Crippen molar-refractivity contribution in [3.8, 4) is 0 Å². The number of nitrogens with one attached hydrogen (secondary N) is 1. The molecule has 0 spiro atoms. The molecule has 2 heteroatoms. The average Bonchev–Trinajstić information content (AvgIpc) is 2.29. The van der Waals surface area contributed by atoms with Crippen molar-refractivity contribution >= 4 is 0 Å². The molecule has 1 aliphatic heterocycles. The molecular formula is C15H24N2. The molecule has 1 N–H and O–H groups in total. The predicted molar refractivity (Wildman–Crippen MR) is 73.1 cm³/mol. The molecular weight excluding hydrogens is 208 g/mol. The average molecular weight is 232 g/mol. The first kappa shape index (κ1) is 12.6. The highest BCUT2D eigenvalue weighted by atomic mass is 15.2. The zero-order valence-corrected chi connectivity index (χ0v) is 11.2. The summed E-state index contributed by atoms with van der Waals surface area (Å²) in [6, 6.07) is 12.0. The third kappa shape index (κ3) is 3.30. The van der Waals surface area contributed by atoms with Gasteiger partial charge in [-0.3, -0.25) is 4.90 Å². The number of piperazine rings is 1. The predicted octanol–water partition coefficient (Wildman–Crippen LogP) is 2.68. The van der Waals surface area contributed by atoms with Crippen molar-refractivity contribution in [2.24, 2.45) is 5.92 Å². The fourth-order valence-corrected chi connectivity index (χ4v) is 2.75. The minimum atomic E-state index is 0.527. The Bertz CT molecular complexity index is 334. The van der Waals surface area contributed by atoms with Gasteiger partial charge < -0.3 is 5.32 Å². The maximum absolute atomic E-state index is 3.69. The summed E-state index contributed by atoms with van der Waals surface area (Å²) < 4.78 is 0. The lowest BCUT2D eigenvalue weighted by Crippen LogP contribution is -2.51. The van der Waals surface area contributed by atoms with Crippen LogP contribution in [0.15, 0.2) is 30.3 Å². The molecule has 0 bridgehead atoms. The maximum atomic E-state index is 3.69. The van der Waals surface area contributed by atoms with Gasteiger partial charge in [0.25, 0.3) is 0 Å². The van der Waals surface area contributed by atoms with Gasteiger partial charge in [0.05, 0.1) is 0 Å². The van der Waals surface area contributed by atoms with E-state index in [-0.39, 0.29) is 0 Å². The molecule has 0 radical (unpaired) electrons. The third-order valence-corrected chi connectivity index (χ3v) is 3.58. The molecule has 17 heavy (non-hydrogen) atoms. The van der Waals surface area contributed by atoms with E-state index < -0.39 is 0 Å². The van der Waals surface area contributed by atoms with Crippen LogP contribution in [0.2, 0.25) is 0 Å². The Labute approximate surface area is 105 Å². The van der Waals surface area contributed by atoms with Crippen LogP contribution in [0.3, 0.4) is 0 Å². The Morgan fingerprint density at radius 3 is 2.59 bits per heavy atom. The van der Waals surface area contributed by atoms with Crippen molar-refractivity contribution in [3.63, 3.8) is 0 Å². The van der Waals surface area contributed by atoms with Crippen LogP contribution in [0.1, 0.15) is 31.9 Å². The lowest BCUT2D eigenvalue weighted by Gasteiger charge is -2.39. The van der Waals surface area contributed by atoms with E-state index >= 15 is 0 Å². The normalized spacial score (nSPS) is 26.4. The Hall–Kier alpha value is -0.860. The Morgan fingerprint density at radius 1 is 1.29 bits per heavy atom. The summed E-state index contributed by atoms with van der Waals surface area (Å²) in [5.74, 6) is 0.772. The summed E-state index contributed by atoms with van der Waals surface area (Å²) in [7, 11) is 2.24. The Balaban J connectivity index is 1.97. The number of hydrogen-bond acceptors (Lipinski definition) is 2. The summed E-state index contributed by atoms with van der Waals surface area (Å²) in [5.41, 5.74) is 1.42. The minimum Gasteiger partial charge on any atom is -0.311 e. The second kappa shape index (κ2) is 5.65. The molecule has 1 aromatic rings. The molecule has 1 saturated heterocycles. The molecule has 2 atom stereocenters. The van der Waals surface area contributed by atoms with Crippen LogP contribution in [0.25, 0.3) is 0 Å². The lowest BCUT2D eigenvalue weighted by molar-refractivity contribution is 0.153. The summed E-state index contributed by atoms with van der Waals surface area (Å²) >= 11 is 0. The van der Waals surface area contributed by atoms with Crippen LogP contribution in [0.4, 0.5) is 0 Å². The monoisotopic (exact) mass is 232 g/mol. The van der Waals surface area contributed by atoms with Crippen molar-refractivity contribution in [2.45, 2.75) is 32.4 Å². The molecule has 0 aromatic heterocycles. The quantitative estimate of drug-likeness (QED) is 0.862. The highest BCUT2D eigenvalue weighted by molar-refractivity contribution is 5.20. The van der Waals surface area contributed by atoms with E-state index in [1.54, 1.807) is 0 Å². The number of benzene rings is 1. The number of hydrogen-bond donors (Lipinski definition) is 1. The number of rotatable bonds is 3. The third-order valence-electron chi connectivity index (χ3n) is 3.58. The molecule has 2 nitrogen and oxygen atoms in total. The summed E-state index contributed by atoms with van der Waals surface area (Å²) in [4.78, 5) is 2.48. The van der Waals surface area contributed by atoms with Gasteiger partial charge in [-0.15, -0.1) is 0 Å². The van der Waals surface area contributed by atoms with Crippen molar-refractivity contribution in [3.05, 3.63) is 35.9 Å². The molecule has 2 rings (SSSR count). The minimum absolute atomic E-state index is 0.527. The van der Waals surface area contributed by atoms with Crippen molar-refractivity contribution in [1.82, 2.24) is 10.2 Å². The van der Waals surface area contributed by atoms with Crippen LogP contribution in [0, 0.1) is 5.92 Å². The second-order valence-electron chi connectivity index (χ2n) is 5.60. The molecule has 1 unspecified atom stereocenters. The van der Waals surface area contributed by atoms with E-state index in [9.17, 15) is 0 Å². The standard InChI is InChI=1S/C15H24N2/c1-12(2)9-14-11-17(3)15(10-16-14)13-7-5-4-6-8-13/h4-8,12,14-16H,9-11H2,1-3H3/t14-,15?/m1/s1. The van der Waals surface area contributed by atoms with Gasteiger partial charge in [-0.25, -0.2) is 0 Å². The summed E-state index contributed by atoms with van der Waals surface area (Å²) in [5, 5.41) is 3.69. The topological polar surface area (TPSA) is 15.3 Å². The first-order valence-electron chi connectivity index (χ1n) is 6.65. The van der Waals surface area contributed by atoms with Gasteiger partial charge >= 0.3 is 0 Å². The van der Waals surface area contributed by atoms with Gasteiger partial charge in [-0.1, -0.05) is 44.2 Å². The van der Waals surface area contributed by atoms with Crippen molar-refractivity contribution in [2.75, 3.05) is 20.1 Å². The van der Waals surface area contributed by atoms with Gasteiger partial charge in [-0.05, 0) is 24.9 Å². The van der Waals surface area contributed by atoms with E-state index in [1.807, 2.05) is 0 Å². The number of nitrogens with zero attached hydrogens (tertiary/aromatic N) is 1. The van der Waals surface area contributed by atoms with E-state index in [2.05, 4.69) is 61.4 Å². The Kier molecular flexibility index (Phi) is 4.19. The van der Waals surface area contributed by atoms with E-state index in [1.165, 1.54) is 12.0 Å². The molecule has 94 valence electrons. The van der Waals surface area contributed by atoms with E-state index in [0.29, 0.717) is 12.1 Å². The zero-order chi connectivity index (χ0) is 12.3. The lowest BCUT2D eigenvalue weighted by atomic mass is 9.97. The SMILES string of the molecule is CC(C)C[C@@H]1CN(C)C(c2ccccc2)CN1. The first-order valence-corrected chi connectivity index (χ1v) is 6.65. The van der Waals surface area contributed by atoms with Crippen LogP contribution < -0.4 is 5.32 Å². The largest absolute Gasteiger partial charge is 0.311 e. The van der Waals surface area contributed by atoms with Crippen LogP contribution in [-0.4, -0.2) is 31.1 Å². The zero-order valence-electron chi connectivity index (χ0n) is 11.2. The second-order valence-corrected chi connectivity index (χ2v) is 5.60. The van der Waals surface area contributed by atoms with Crippen molar-refractivity contribution < 1.29 is 0 Å². The molecule has 1 aliphatic rings. The smallest absolute Gasteiger partial charge is 0.0470 e. The van der Waals surface area contributed by atoms with Gasteiger partial charge in [0, 0.05) is 25.2 Å². The van der Waals surface area contributed by atoms with Crippen LogP contribution in [-0.2, 0) is 0 Å². The fraction of sp³-hybridized carbons (Fsp3) is 0.600. The summed E-state index contributed by atoms with van der Waals surface area (Å²) in [6.07, 6.45) is 1.27. The van der Waals surface area contributed by atoms with Crippen LogP contribution in [0.5, 0.6) is 0 Å². The molecule has 0 saturated carbocycles. The molecule has 1 heterocycles.